The molecule has 1 aromatic rings. The quantitative estimate of drug-likeness (QED) is 0.732. The molecule has 14 heavy (non-hydrogen) atoms. The van der Waals surface area contributed by atoms with Gasteiger partial charge in [-0.05, 0) is 24.1 Å². The first-order chi connectivity index (χ1) is 6.74. The lowest BCUT2D eigenvalue weighted by atomic mass is 10.3. The van der Waals surface area contributed by atoms with Crippen LogP contribution in [0.3, 0.4) is 0 Å². The second-order valence-electron chi connectivity index (χ2n) is 3.60. The van der Waals surface area contributed by atoms with Crippen molar-refractivity contribution in [3.63, 3.8) is 0 Å². The zero-order chi connectivity index (χ0) is 9.97. The van der Waals surface area contributed by atoms with Crippen LogP contribution in [0, 0.1) is 0 Å². The number of nitrogens with zero attached hydrogens (tertiary/aromatic N) is 3. The van der Waals surface area contributed by atoms with E-state index in [1.165, 1.54) is 0 Å². The van der Waals surface area contributed by atoms with Gasteiger partial charge in [0.2, 0.25) is 5.28 Å². The van der Waals surface area contributed by atoms with Crippen molar-refractivity contribution in [1.82, 2.24) is 14.9 Å². The fourth-order valence-electron chi connectivity index (χ4n) is 1.69. The molecule has 1 saturated heterocycles. The van der Waals surface area contributed by atoms with Gasteiger partial charge in [-0.1, -0.05) is 0 Å². The Labute approximate surface area is 88.1 Å². The average molecular weight is 213 g/mol. The van der Waals surface area contributed by atoms with Gasteiger partial charge in [-0.3, -0.25) is 4.90 Å². The first-order valence-electron chi connectivity index (χ1n) is 4.69. The molecule has 2 rings (SSSR count). The topological polar surface area (TPSA) is 55.0 Å². The maximum atomic E-state index is 5.81. The Hall–Kier alpha value is -0.710. The van der Waals surface area contributed by atoms with Crippen molar-refractivity contribution in [3.05, 3.63) is 23.2 Å². The van der Waals surface area contributed by atoms with Gasteiger partial charge in [0.25, 0.3) is 0 Å². The van der Waals surface area contributed by atoms with E-state index in [0.717, 1.165) is 31.7 Å². The predicted molar refractivity (Wildman–Crippen MR) is 54.9 cm³/mol. The molecule has 0 unspecified atom stereocenters. The molecular weight excluding hydrogens is 200 g/mol. The minimum atomic E-state index is 0.311. The zero-order valence-electron chi connectivity index (χ0n) is 7.86. The van der Waals surface area contributed by atoms with Crippen molar-refractivity contribution in [1.29, 1.82) is 0 Å². The lowest BCUT2D eigenvalue weighted by Gasteiger charge is -2.13. The second kappa shape index (κ2) is 4.21. The summed E-state index contributed by atoms with van der Waals surface area (Å²) in [5, 5.41) is 0.311. The van der Waals surface area contributed by atoms with Crippen LogP contribution >= 0.6 is 11.6 Å². The van der Waals surface area contributed by atoms with E-state index in [4.69, 9.17) is 17.3 Å². The van der Waals surface area contributed by atoms with E-state index in [-0.39, 0.29) is 0 Å². The Bertz CT molecular complexity index is 317. The molecule has 1 fully saturated rings. The first-order valence-corrected chi connectivity index (χ1v) is 5.07. The summed E-state index contributed by atoms with van der Waals surface area (Å²) >= 11 is 5.69. The highest BCUT2D eigenvalue weighted by Crippen LogP contribution is 2.11. The molecule has 1 atom stereocenters. The van der Waals surface area contributed by atoms with Gasteiger partial charge in [0.1, 0.15) is 0 Å². The molecule has 5 heteroatoms. The summed E-state index contributed by atoms with van der Waals surface area (Å²) in [5.41, 5.74) is 6.77. The number of halogens is 1. The molecule has 0 aromatic carbocycles. The van der Waals surface area contributed by atoms with Gasteiger partial charge in [-0.25, -0.2) is 9.97 Å². The highest BCUT2D eigenvalue weighted by atomic mass is 35.5. The Kier molecular flexibility index (Phi) is 2.96. The van der Waals surface area contributed by atoms with E-state index >= 15 is 0 Å². The molecule has 2 heterocycles. The van der Waals surface area contributed by atoms with E-state index < -0.39 is 0 Å². The van der Waals surface area contributed by atoms with Gasteiger partial charge in [0.15, 0.2) is 0 Å². The number of aromatic nitrogens is 2. The van der Waals surface area contributed by atoms with Gasteiger partial charge >= 0.3 is 0 Å². The molecule has 0 bridgehead atoms. The Morgan fingerprint density at radius 1 is 1.64 bits per heavy atom. The van der Waals surface area contributed by atoms with Crippen molar-refractivity contribution >= 4 is 11.6 Å². The van der Waals surface area contributed by atoms with Crippen LogP contribution in [0.2, 0.25) is 5.28 Å². The van der Waals surface area contributed by atoms with Gasteiger partial charge < -0.3 is 5.73 Å². The molecule has 0 amide bonds. The SMILES string of the molecule is N[C@@H]1CCN(Cc2ccnc(Cl)n2)C1. The fourth-order valence-corrected chi connectivity index (χ4v) is 1.86. The van der Waals surface area contributed by atoms with Gasteiger partial charge in [-0.2, -0.15) is 0 Å². The first kappa shape index (κ1) is 9.83. The largest absolute Gasteiger partial charge is 0.326 e. The highest BCUT2D eigenvalue weighted by Gasteiger charge is 2.19. The monoisotopic (exact) mass is 212 g/mol. The minimum Gasteiger partial charge on any atom is -0.326 e. The van der Waals surface area contributed by atoms with E-state index in [1.807, 2.05) is 6.07 Å². The van der Waals surface area contributed by atoms with Gasteiger partial charge in [0.05, 0.1) is 5.69 Å². The maximum absolute atomic E-state index is 5.81. The summed E-state index contributed by atoms with van der Waals surface area (Å²) in [6, 6.07) is 2.20. The molecule has 0 saturated carbocycles. The maximum Gasteiger partial charge on any atom is 0.222 e. The van der Waals surface area contributed by atoms with Gasteiger partial charge in [-0.15, -0.1) is 0 Å². The summed E-state index contributed by atoms with van der Waals surface area (Å²) < 4.78 is 0. The van der Waals surface area contributed by atoms with Crippen molar-refractivity contribution in [2.45, 2.75) is 19.0 Å². The number of hydrogen-bond donors (Lipinski definition) is 1. The van der Waals surface area contributed by atoms with E-state index in [2.05, 4.69) is 14.9 Å². The number of likely N-dealkylation sites (tertiary alicyclic amines) is 1. The summed E-state index contributed by atoms with van der Waals surface area (Å²) in [6.07, 6.45) is 2.75. The third-order valence-electron chi connectivity index (χ3n) is 2.38. The Morgan fingerprint density at radius 3 is 3.14 bits per heavy atom. The van der Waals surface area contributed by atoms with Crippen LogP contribution in [0.5, 0.6) is 0 Å². The molecular formula is C9H13ClN4. The summed E-state index contributed by atoms with van der Waals surface area (Å²) in [4.78, 5) is 10.3. The van der Waals surface area contributed by atoms with E-state index in [1.54, 1.807) is 6.20 Å². The van der Waals surface area contributed by atoms with Crippen LogP contribution in [0.25, 0.3) is 0 Å². The van der Waals surface area contributed by atoms with E-state index in [9.17, 15) is 0 Å². The summed E-state index contributed by atoms with van der Waals surface area (Å²) in [6.45, 7) is 2.81. The van der Waals surface area contributed by atoms with Crippen molar-refractivity contribution in [2.75, 3.05) is 13.1 Å². The molecule has 1 aliphatic rings. The zero-order valence-corrected chi connectivity index (χ0v) is 8.61. The molecule has 2 N–H and O–H groups in total. The number of rotatable bonds is 2. The predicted octanol–water partition coefficient (Wildman–Crippen LogP) is 0.663. The van der Waals surface area contributed by atoms with Gasteiger partial charge in [0, 0.05) is 31.9 Å². The van der Waals surface area contributed by atoms with Crippen LogP contribution in [0.1, 0.15) is 12.1 Å². The molecule has 1 aromatic heterocycles. The molecule has 4 nitrogen and oxygen atoms in total. The third kappa shape index (κ3) is 2.41. The number of hydrogen-bond acceptors (Lipinski definition) is 4. The van der Waals surface area contributed by atoms with Crippen LogP contribution < -0.4 is 5.73 Å². The lowest BCUT2D eigenvalue weighted by molar-refractivity contribution is 0.322. The average Bonchev–Trinajstić information content (AvgIpc) is 2.51. The van der Waals surface area contributed by atoms with Crippen molar-refractivity contribution < 1.29 is 0 Å². The van der Waals surface area contributed by atoms with Crippen molar-refractivity contribution in [2.24, 2.45) is 5.73 Å². The standard InChI is InChI=1S/C9H13ClN4/c10-9-12-3-1-8(13-9)6-14-4-2-7(11)5-14/h1,3,7H,2,4-6,11H2/t7-/m1/s1. The third-order valence-corrected chi connectivity index (χ3v) is 2.56. The molecule has 0 spiro atoms. The van der Waals surface area contributed by atoms with Crippen LogP contribution in [-0.2, 0) is 6.54 Å². The summed E-state index contributed by atoms with van der Waals surface area (Å²) in [7, 11) is 0. The van der Waals surface area contributed by atoms with Crippen molar-refractivity contribution in [3.8, 4) is 0 Å². The Morgan fingerprint density at radius 2 is 2.50 bits per heavy atom. The van der Waals surface area contributed by atoms with Crippen LogP contribution in [0.4, 0.5) is 0 Å². The minimum absolute atomic E-state index is 0.311. The number of nitrogens with two attached hydrogens (primary N) is 1. The normalized spacial score (nSPS) is 22.9. The molecule has 0 radical (unpaired) electrons. The highest BCUT2D eigenvalue weighted by molar-refractivity contribution is 6.28. The van der Waals surface area contributed by atoms with E-state index in [0.29, 0.717) is 11.3 Å². The van der Waals surface area contributed by atoms with Crippen LogP contribution in [0.15, 0.2) is 12.3 Å². The smallest absolute Gasteiger partial charge is 0.222 e. The Balaban J connectivity index is 1.97. The lowest BCUT2D eigenvalue weighted by Crippen LogP contribution is -2.26. The summed E-state index contributed by atoms with van der Waals surface area (Å²) in [5.74, 6) is 0. The fraction of sp³-hybridized carbons (Fsp3) is 0.556. The molecule has 1 aliphatic heterocycles. The second-order valence-corrected chi connectivity index (χ2v) is 3.94. The van der Waals surface area contributed by atoms with Crippen LogP contribution in [-0.4, -0.2) is 34.0 Å². The molecule has 0 aliphatic carbocycles. The molecule has 76 valence electrons.